The Kier molecular flexibility index (Phi) is 4.86. The summed E-state index contributed by atoms with van der Waals surface area (Å²) in [7, 11) is 1.70. The molecule has 1 heterocycles. The molecule has 0 spiro atoms. The molecule has 126 valence electrons. The summed E-state index contributed by atoms with van der Waals surface area (Å²) in [5, 5.41) is 1.09. The van der Waals surface area contributed by atoms with E-state index in [4.69, 9.17) is 9.73 Å². The summed E-state index contributed by atoms with van der Waals surface area (Å²) in [6, 6.07) is 16.8. The van der Waals surface area contributed by atoms with Crippen LogP contribution >= 0.6 is 11.8 Å². The average molecular weight is 340 g/mol. The smallest absolute Gasteiger partial charge is 0.165 e. The third-order valence-corrected chi connectivity index (χ3v) is 6.00. The van der Waals surface area contributed by atoms with E-state index in [1.54, 1.807) is 7.11 Å². The molecule has 2 aromatic rings. The number of fused-ring (bicyclic) bond motifs is 1. The lowest BCUT2D eigenvalue weighted by Gasteiger charge is -2.37. The molecule has 0 amide bonds. The van der Waals surface area contributed by atoms with E-state index in [0.717, 1.165) is 29.7 Å². The zero-order valence-corrected chi connectivity index (χ0v) is 15.6. The van der Waals surface area contributed by atoms with Crippen molar-refractivity contribution >= 4 is 22.6 Å². The van der Waals surface area contributed by atoms with Crippen LogP contribution in [-0.2, 0) is 4.75 Å². The fraction of sp³-hybridized carbons (Fsp3) is 0.350. The van der Waals surface area contributed by atoms with E-state index in [-0.39, 0.29) is 4.75 Å². The maximum Gasteiger partial charge on any atom is 0.165 e. The number of ether oxygens (including phenoxy) is 1. The van der Waals surface area contributed by atoms with Gasteiger partial charge in [-0.2, -0.15) is 0 Å². The molecule has 0 saturated heterocycles. The summed E-state index contributed by atoms with van der Waals surface area (Å²) in [4.78, 5) is 7.24. The molecule has 1 atom stereocenters. The molecule has 1 unspecified atom stereocenters. The number of para-hydroxylation sites is 1. The van der Waals surface area contributed by atoms with Crippen molar-refractivity contribution < 1.29 is 4.74 Å². The summed E-state index contributed by atoms with van der Waals surface area (Å²) in [5.41, 5.74) is 3.59. The van der Waals surface area contributed by atoms with E-state index >= 15 is 0 Å². The van der Waals surface area contributed by atoms with Crippen LogP contribution in [0.5, 0.6) is 5.75 Å². The molecule has 4 heteroatoms. The predicted octanol–water partition coefficient (Wildman–Crippen LogP) is 5.03. The number of amidine groups is 1. The molecular formula is C20H24N2OS. The topological polar surface area (TPSA) is 24.8 Å². The maximum absolute atomic E-state index is 5.31. The highest BCUT2D eigenvalue weighted by molar-refractivity contribution is 8.14. The Morgan fingerprint density at radius 3 is 2.33 bits per heavy atom. The minimum Gasteiger partial charge on any atom is -0.497 e. The van der Waals surface area contributed by atoms with Crippen LogP contribution in [0.4, 0.5) is 5.69 Å². The largest absolute Gasteiger partial charge is 0.497 e. The number of benzene rings is 2. The molecule has 0 N–H and O–H groups in total. The third-order valence-electron chi connectivity index (χ3n) is 4.60. The van der Waals surface area contributed by atoms with Crippen molar-refractivity contribution in [1.82, 2.24) is 4.90 Å². The van der Waals surface area contributed by atoms with Gasteiger partial charge in [-0.3, -0.25) is 0 Å². The molecule has 0 saturated carbocycles. The zero-order valence-electron chi connectivity index (χ0n) is 14.7. The number of hydrogen-bond donors (Lipinski definition) is 0. The van der Waals surface area contributed by atoms with Crippen LogP contribution in [0.3, 0.4) is 0 Å². The number of rotatable bonds is 4. The molecule has 0 radical (unpaired) electrons. The van der Waals surface area contributed by atoms with Crippen molar-refractivity contribution in [2.75, 3.05) is 20.2 Å². The van der Waals surface area contributed by atoms with Gasteiger partial charge in [0.1, 0.15) is 5.75 Å². The van der Waals surface area contributed by atoms with Gasteiger partial charge < -0.3 is 9.64 Å². The average Bonchev–Trinajstić information content (AvgIpc) is 2.63. The van der Waals surface area contributed by atoms with Crippen LogP contribution in [0.25, 0.3) is 0 Å². The quantitative estimate of drug-likeness (QED) is 0.780. The molecule has 0 aromatic heterocycles. The van der Waals surface area contributed by atoms with Gasteiger partial charge in [-0.15, -0.1) is 0 Å². The first-order valence-electron chi connectivity index (χ1n) is 8.39. The Hall–Kier alpha value is -1.94. The minimum atomic E-state index is -0.164. The van der Waals surface area contributed by atoms with Gasteiger partial charge in [0.15, 0.2) is 5.17 Å². The van der Waals surface area contributed by atoms with Crippen LogP contribution in [0.2, 0.25) is 0 Å². The van der Waals surface area contributed by atoms with Crippen molar-refractivity contribution in [3.63, 3.8) is 0 Å². The van der Waals surface area contributed by atoms with Gasteiger partial charge in [-0.05, 0) is 50.1 Å². The highest BCUT2D eigenvalue weighted by atomic mass is 32.2. The van der Waals surface area contributed by atoms with Crippen LogP contribution in [-0.4, -0.2) is 30.3 Å². The highest BCUT2D eigenvalue weighted by Gasteiger charge is 2.37. The minimum absolute atomic E-state index is 0.164. The first kappa shape index (κ1) is 16.9. The highest BCUT2D eigenvalue weighted by Crippen LogP contribution is 2.50. The second-order valence-electron chi connectivity index (χ2n) is 5.95. The first-order chi connectivity index (χ1) is 11.6. The standard InChI is InChI=1S/C20H24N2OS/c1-5-22(6-2)19-21-18-10-8-7-9-17(18)20(3,24-19)15-11-13-16(23-4)14-12-15/h7-14H,5-6H2,1-4H3. The molecule has 1 aliphatic heterocycles. The molecule has 0 bridgehead atoms. The van der Waals surface area contributed by atoms with Gasteiger partial charge >= 0.3 is 0 Å². The third kappa shape index (κ3) is 2.91. The van der Waals surface area contributed by atoms with E-state index in [9.17, 15) is 0 Å². The maximum atomic E-state index is 5.31. The lowest BCUT2D eigenvalue weighted by atomic mass is 9.90. The molecule has 2 aromatic carbocycles. The molecule has 3 rings (SSSR count). The monoisotopic (exact) mass is 340 g/mol. The van der Waals surface area contributed by atoms with Crippen molar-refractivity contribution in [3.8, 4) is 5.75 Å². The normalized spacial score (nSPS) is 19.4. The first-order valence-corrected chi connectivity index (χ1v) is 9.20. The zero-order chi connectivity index (χ0) is 17.2. The van der Waals surface area contributed by atoms with E-state index in [0.29, 0.717) is 0 Å². The fourth-order valence-corrected chi connectivity index (χ4v) is 4.52. The predicted molar refractivity (Wildman–Crippen MR) is 103 cm³/mol. The fourth-order valence-electron chi connectivity index (χ4n) is 3.09. The number of hydrogen-bond acceptors (Lipinski definition) is 4. The summed E-state index contributed by atoms with van der Waals surface area (Å²) in [5.74, 6) is 0.883. The van der Waals surface area contributed by atoms with Crippen LogP contribution in [0.1, 0.15) is 31.9 Å². The lowest BCUT2D eigenvalue weighted by molar-refractivity contribution is 0.414. The Morgan fingerprint density at radius 1 is 1.04 bits per heavy atom. The summed E-state index contributed by atoms with van der Waals surface area (Å²) in [6.45, 7) is 8.57. The molecule has 0 aliphatic carbocycles. The van der Waals surface area contributed by atoms with Crippen molar-refractivity contribution in [2.24, 2.45) is 4.99 Å². The Labute approximate surface area is 148 Å². The van der Waals surface area contributed by atoms with Gasteiger partial charge in [0, 0.05) is 13.1 Å². The molecular weight excluding hydrogens is 316 g/mol. The second-order valence-corrected chi connectivity index (χ2v) is 7.33. The van der Waals surface area contributed by atoms with Gasteiger partial charge in [0.05, 0.1) is 17.5 Å². The molecule has 1 aliphatic rings. The number of methoxy groups -OCH3 is 1. The molecule has 24 heavy (non-hydrogen) atoms. The lowest BCUT2D eigenvalue weighted by Crippen LogP contribution is -2.34. The number of thioether (sulfide) groups is 1. The van der Waals surface area contributed by atoms with Crippen molar-refractivity contribution in [1.29, 1.82) is 0 Å². The number of aliphatic imine (C=N–C) groups is 1. The van der Waals surface area contributed by atoms with E-state index in [1.807, 2.05) is 23.9 Å². The van der Waals surface area contributed by atoms with Crippen molar-refractivity contribution in [2.45, 2.75) is 25.5 Å². The SMILES string of the molecule is CCN(CC)C1=Nc2ccccc2C(C)(c2ccc(OC)cc2)S1. The van der Waals surface area contributed by atoms with Gasteiger partial charge in [0.2, 0.25) is 0 Å². The molecule has 3 nitrogen and oxygen atoms in total. The van der Waals surface area contributed by atoms with Gasteiger partial charge in [-0.25, -0.2) is 4.99 Å². The van der Waals surface area contributed by atoms with E-state index < -0.39 is 0 Å². The van der Waals surface area contributed by atoms with Gasteiger partial charge in [-0.1, -0.05) is 42.1 Å². The Bertz CT molecular complexity index is 738. The summed E-state index contributed by atoms with van der Waals surface area (Å²) in [6.07, 6.45) is 0. The van der Waals surface area contributed by atoms with E-state index in [1.165, 1.54) is 11.1 Å². The Balaban J connectivity index is 2.10. The summed E-state index contributed by atoms with van der Waals surface area (Å²) >= 11 is 1.84. The van der Waals surface area contributed by atoms with Crippen LogP contribution < -0.4 is 4.74 Å². The van der Waals surface area contributed by atoms with Crippen LogP contribution in [0, 0.1) is 0 Å². The molecule has 0 fully saturated rings. The van der Waals surface area contributed by atoms with Crippen molar-refractivity contribution in [3.05, 3.63) is 59.7 Å². The number of nitrogens with zero attached hydrogens (tertiary/aromatic N) is 2. The van der Waals surface area contributed by atoms with Gasteiger partial charge in [0.25, 0.3) is 0 Å². The van der Waals surface area contributed by atoms with Crippen LogP contribution in [0.15, 0.2) is 53.5 Å². The van der Waals surface area contributed by atoms with E-state index in [2.05, 4.69) is 62.1 Å². The Morgan fingerprint density at radius 2 is 1.71 bits per heavy atom. The second kappa shape index (κ2) is 6.89. The summed E-state index contributed by atoms with van der Waals surface area (Å²) < 4.78 is 5.15.